The summed E-state index contributed by atoms with van der Waals surface area (Å²) in [7, 11) is 0. The molecule has 1 heterocycles. The lowest BCUT2D eigenvalue weighted by atomic mass is 10.1. The van der Waals surface area contributed by atoms with Crippen LogP contribution in [0.2, 0.25) is 0 Å². The van der Waals surface area contributed by atoms with Crippen molar-refractivity contribution in [1.29, 1.82) is 0 Å². The highest BCUT2D eigenvalue weighted by Gasteiger charge is 2.05. The summed E-state index contributed by atoms with van der Waals surface area (Å²) in [4.78, 5) is 0. The van der Waals surface area contributed by atoms with Crippen molar-refractivity contribution in [2.75, 3.05) is 5.73 Å². The predicted octanol–water partition coefficient (Wildman–Crippen LogP) is 3.89. The maximum Gasteiger partial charge on any atom is 0.0483 e. The Labute approximate surface area is 113 Å². The highest BCUT2D eigenvalue weighted by Crippen LogP contribution is 2.21. The van der Waals surface area contributed by atoms with Crippen LogP contribution in [0.4, 0.5) is 5.69 Å². The monoisotopic (exact) mass is 250 g/mol. The third-order valence-corrected chi connectivity index (χ3v) is 3.76. The van der Waals surface area contributed by atoms with E-state index < -0.39 is 0 Å². The molecule has 0 radical (unpaired) electrons. The van der Waals surface area contributed by atoms with E-state index >= 15 is 0 Å². The number of hydrogen-bond acceptors (Lipinski definition) is 1. The van der Waals surface area contributed by atoms with Crippen LogP contribution < -0.4 is 5.73 Å². The van der Waals surface area contributed by atoms with Gasteiger partial charge in [0.25, 0.3) is 0 Å². The number of aromatic nitrogens is 1. The molecule has 0 aliphatic heterocycles. The molecule has 3 aromatic rings. The van der Waals surface area contributed by atoms with Crippen LogP contribution >= 0.6 is 0 Å². The van der Waals surface area contributed by atoms with Crippen LogP contribution in [0.1, 0.15) is 16.7 Å². The Morgan fingerprint density at radius 2 is 1.89 bits per heavy atom. The molecule has 0 saturated carbocycles. The standard InChI is InChI=1S/C17H18N2/c1-12-6-7-17-14(10-12)8-9-19(17)11-15-4-3-5-16(18)13(15)2/h3-10H,11,18H2,1-2H3. The number of fused-ring (bicyclic) bond motifs is 1. The lowest BCUT2D eigenvalue weighted by molar-refractivity contribution is 0.831. The Morgan fingerprint density at radius 1 is 1.05 bits per heavy atom. The first-order valence-electron chi connectivity index (χ1n) is 6.54. The summed E-state index contributed by atoms with van der Waals surface area (Å²) in [5.74, 6) is 0. The average Bonchev–Trinajstić information content (AvgIpc) is 2.77. The van der Waals surface area contributed by atoms with E-state index in [1.165, 1.54) is 27.6 Å². The first kappa shape index (κ1) is 11.8. The minimum atomic E-state index is 0.865. The zero-order valence-corrected chi connectivity index (χ0v) is 11.4. The molecule has 2 aromatic carbocycles. The summed E-state index contributed by atoms with van der Waals surface area (Å²) >= 11 is 0. The van der Waals surface area contributed by atoms with Gasteiger partial charge in [0, 0.05) is 23.9 Å². The fraction of sp³-hybridized carbons (Fsp3) is 0.176. The molecule has 0 bridgehead atoms. The van der Waals surface area contributed by atoms with Crippen molar-refractivity contribution in [1.82, 2.24) is 4.57 Å². The fourth-order valence-electron chi connectivity index (χ4n) is 2.52. The van der Waals surface area contributed by atoms with Gasteiger partial charge in [-0.15, -0.1) is 0 Å². The molecule has 2 heteroatoms. The number of anilines is 1. The molecular formula is C17H18N2. The SMILES string of the molecule is Cc1ccc2c(ccn2Cc2cccc(N)c2C)c1. The number of hydrogen-bond donors (Lipinski definition) is 1. The van der Waals surface area contributed by atoms with E-state index in [2.05, 4.69) is 54.9 Å². The van der Waals surface area contributed by atoms with E-state index in [9.17, 15) is 0 Å². The van der Waals surface area contributed by atoms with Gasteiger partial charge in [-0.05, 0) is 54.6 Å². The average molecular weight is 250 g/mol. The predicted molar refractivity (Wildman–Crippen MR) is 81.4 cm³/mol. The summed E-state index contributed by atoms with van der Waals surface area (Å²) in [6, 6.07) is 14.9. The number of aryl methyl sites for hydroxylation is 1. The van der Waals surface area contributed by atoms with Crippen LogP contribution in [-0.4, -0.2) is 4.57 Å². The molecule has 2 N–H and O–H groups in total. The number of rotatable bonds is 2. The smallest absolute Gasteiger partial charge is 0.0483 e. The number of benzene rings is 2. The van der Waals surface area contributed by atoms with Crippen LogP contribution in [0.3, 0.4) is 0 Å². The molecule has 0 aliphatic carbocycles. The van der Waals surface area contributed by atoms with Gasteiger partial charge in [-0.25, -0.2) is 0 Å². The van der Waals surface area contributed by atoms with Gasteiger partial charge in [-0.3, -0.25) is 0 Å². The first-order valence-corrected chi connectivity index (χ1v) is 6.54. The van der Waals surface area contributed by atoms with Gasteiger partial charge in [-0.2, -0.15) is 0 Å². The summed E-state index contributed by atoms with van der Waals surface area (Å²) in [6.45, 7) is 5.07. The highest BCUT2D eigenvalue weighted by atomic mass is 14.9. The Bertz CT molecular complexity index is 738. The Kier molecular flexibility index (Phi) is 2.79. The Hall–Kier alpha value is -2.22. The third-order valence-electron chi connectivity index (χ3n) is 3.76. The maximum absolute atomic E-state index is 5.97. The van der Waals surface area contributed by atoms with Crippen LogP contribution in [0.25, 0.3) is 10.9 Å². The number of nitrogen functional groups attached to an aromatic ring is 1. The fourth-order valence-corrected chi connectivity index (χ4v) is 2.52. The van der Waals surface area contributed by atoms with Crippen LogP contribution in [-0.2, 0) is 6.54 Å². The van der Waals surface area contributed by atoms with E-state index in [0.29, 0.717) is 0 Å². The molecule has 0 unspecified atom stereocenters. The van der Waals surface area contributed by atoms with Gasteiger partial charge in [0.1, 0.15) is 0 Å². The zero-order chi connectivity index (χ0) is 13.4. The van der Waals surface area contributed by atoms with Crippen molar-refractivity contribution in [3.05, 3.63) is 65.4 Å². The zero-order valence-electron chi connectivity index (χ0n) is 11.4. The molecule has 3 rings (SSSR count). The molecule has 96 valence electrons. The van der Waals surface area contributed by atoms with Crippen molar-refractivity contribution in [3.63, 3.8) is 0 Å². The van der Waals surface area contributed by atoms with E-state index in [4.69, 9.17) is 5.73 Å². The van der Waals surface area contributed by atoms with Gasteiger partial charge < -0.3 is 10.3 Å². The van der Waals surface area contributed by atoms with E-state index in [1.807, 2.05) is 12.1 Å². The normalized spacial score (nSPS) is 11.1. The summed E-state index contributed by atoms with van der Waals surface area (Å²) < 4.78 is 2.27. The Morgan fingerprint density at radius 3 is 2.74 bits per heavy atom. The topological polar surface area (TPSA) is 30.9 Å². The second kappa shape index (κ2) is 4.47. The van der Waals surface area contributed by atoms with Crippen molar-refractivity contribution >= 4 is 16.6 Å². The molecule has 19 heavy (non-hydrogen) atoms. The molecule has 0 amide bonds. The molecule has 0 fully saturated rings. The number of nitrogens with two attached hydrogens (primary N) is 1. The van der Waals surface area contributed by atoms with E-state index in [-0.39, 0.29) is 0 Å². The van der Waals surface area contributed by atoms with Crippen LogP contribution in [0, 0.1) is 13.8 Å². The quantitative estimate of drug-likeness (QED) is 0.687. The van der Waals surface area contributed by atoms with Gasteiger partial charge in [-0.1, -0.05) is 23.8 Å². The van der Waals surface area contributed by atoms with Crippen molar-refractivity contribution in [2.24, 2.45) is 0 Å². The maximum atomic E-state index is 5.97. The molecule has 0 atom stereocenters. The van der Waals surface area contributed by atoms with E-state index in [0.717, 1.165) is 12.2 Å². The van der Waals surface area contributed by atoms with Gasteiger partial charge in [0.15, 0.2) is 0 Å². The lowest BCUT2D eigenvalue weighted by Gasteiger charge is -2.10. The molecule has 0 spiro atoms. The van der Waals surface area contributed by atoms with E-state index in [1.54, 1.807) is 0 Å². The first-order chi connectivity index (χ1) is 9.15. The third kappa shape index (κ3) is 2.10. The van der Waals surface area contributed by atoms with Gasteiger partial charge in [0.05, 0.1) is 0 Å². The highest BCUT2D eigenvalue weighted by molar-refractivity contribution is 5.81. The second-order valence-electron chi connectivity index (χ2n) is 5.14. The largest absolute Gasteiger partial charge is 0.399 e. The summed E-state index contributed by atoms with van der Waals surface area (Å²) in [5.41, 5.74) is 11.9. The Balaban J connectivity index is 2.04. The summed E-state index contributed by atoms with van der Waals surface area (Å²) in [6.07, 6.45) is 2.15. The van der Waals surface area contributed by atoms with Gasteiger partial charge >= 0.3 is 0 Å². The number of nitrogens with zero attached hydrogens (tertiary/aromatic N) is 1. The molecule has 0 aliphatic rings. The molecule has 0 saturated heterocycles. The minimum Gasteiger partial charge on any atom is -0.399 e. The lowest BCUT2D eigenvalue weighted by Crippen LogP contribution is -2.02. The van der Waals surface area contributed by atoms with Crippen molar-refractivity contribution < 1.29 is 0 Å². The van der Waals surface area contributed by atoms with Crippen LogP contribution in [0.5, 0.6) is 0 Å². The molecule has 2 nitrogen and oxygen atoms in total. The van der Waals surface area contributed by atoms with Crippen LogP contribution in [0.15, 0.2) is 48.7 Å². The van der Waals surface area contributed by atoms with Crippen molar-refractivity contribution in [3.8, 4) is 0 Å². The van der Waals surface area contributed by atoms with Crippen molar-refractivity contribution in [2.45, 2.75) is 20.4 Å². The minimum absolute atomic E-state index is 0.865. The summed E-state index contributed by atoms with van der Waals surface area (Å²) in [5, 5.41) is 1.29. The molecular weight excluding hydrogens is 232 g/mol. The second-order valence-corrected chi connectivity index (χ2v) is 5.14. The van der Waals surface area contributed by atoms with Gasteiger partial charge in [0.2, 0.25) is 0 Å². The molecule has 1 aromatic heterocycles.